The molecule has 29 heavy (non-hydrogen) atoms. The molecule has 0 amide bonds. The number of Topliss-reactive ketones (excluding diaryl/α,β-unsaturated/α-hetero) is 1. The summed E-state index contributed by atoms with van der Waals surface area (Å²) in [5.41, 5.74) is 8.81. The van der Waals surface area contributed by atoms with Crippen LogP contribution < -0.4 is 0 Å². The maximum atomic E-state index is 12.8. The number of pyridine rings is 1. The molecule has 0 saturated carbocycles. The number of aryl methyl sites for hydroxylation is 1. The third kappa shape index (κ3) is 3.47. The van der Waals surface area contributed by atoms with Gasteiger partial charge in [0, 0.05) is 43.5 Å². The molecule has 1 aliphatic carbocycles. The summed E-state index contributed by atoms with van der Waals surface area (Å²) in [4.78, 5) is 20.7. The van der Waals surface area contributed by atoms with Gasteiger partial charge in [0.15, 0.2) is 5.78 Å². The number of hydrogen-bond donors (Lipinski definition) is 0. The summed E-state index contributed by atoms with van der Waals surface area (Å²) >= 11 is 1.59. The Morgan fingerprint density at radius 3 is 2.69 bits per heavy atom. The van der Waals surface area contributed by atoms with E-state index < -0.39 is 0 Å². The van der Waals surface area contributed by atoms with E-state index in [4.69, 9.17) is 0 Å². The first kappa shape index (κ1) is 18.5. The van der Waals surface area contributed by atoms with Crippen molar-refractivity contribution in [1.82, 2.24) is 9.88 Å². The van der Waals surface area contributed by atoms with Crippen LogP contribution in [0.15, 0.2) is 59.6 Å². The Hall–Kier alpha value is -2.56. The van der Waals surface area contributed by atoms with Gasteiger partial charge in [0.1, 0.15) is 0 Å². The van der Waals surface area contributed by atoms with Crippen LogP contribution in [-0.2, 0) is 13.0 Å². The highest BCUT2D eigenvalue weighted by Gasteiger charge is 2.28. The minimum atomic E-state index is 0.252. The average molecular weight is 401 g/mol. The van der Waals surface area contributed by atoms with Crippen molar-refractivity contribution in [1.29, 1.82) is 0 Å². The fourth-order valence-corrected chi connectivity index (χ4v) is 5.42. The molecule has 1 fully saturated rings. The van der Waals surface area contributed by atoms with Crippen LogP contribution in [0.3, 0.4) is 0 Å². The quantitative estimate of drug-likeness (QED) is 0.586. The van der Waals surface area contributed by atoms with Gasteiger partial charge in [-0.25, -0.2) is 0 Å². The third-order valence-corrected chi connectivity index (χ3v) is 7.10. The Kier molecular flexibility index (Phi) is 4.90. The van der Waals surface area contributed by atoms with Crippen molar-refractivity contribution < 1.29 is 4.79 Å². The predicted octanol–water partition coefficient (Wildman–Crippen LogP) is 5.29. The van der Waals surface area contributed by atoms with E-state index in [0.717, 1.165) is 54.2 Å². The molecular weight excluding hydrogens is 376 g/mol. The molecule has 3 aromatic rings. The lowest BCUT2D eigenvalue weighted by Crippen LogP contribution is -2.31. The van der Waals surface area contributed by atoms with Crippen LogP contribution in [0.5, 0.6) is 0 Å². The molecular formula is C25H24N2OS. The van der Waals surface area contributed by atoms with Crippen LogP contribution in [0.1, 0.15) is 50.5 Å². The Balaban J connectivity index is 1.48. The van der Waals surface area contributed by atoms with E-state index >= 15 is 0 Å². The Bertz CT molecular complexity index is 1100. The molecule has 0 atom stereocenters. The molecule has 1 aliphatic heterocycles. The van der Waals surface area contributed by atoms with Gasteiger partial charge in [-0.2, -0.15) is 0 Å². The van der Waals surface area contributed by atoms with Crippen LogP contribution in [-0.4, -0.2) is 28.8 Å². The summed E-state index contributed by atoms with van der Waals surface area (Å²) in [6.45, 7) is 5.14. The molecule has 0 unspecified atom stereocenters. The number of piperidine rings is 1. The number of ketones is 1. The van der Waals surface area contributed by atoms with E-state index in [1.807, 2.05) is 18.3 Å². The van der Waals surface area contributed by atoms with Crippen LogP contribution in [0, 0.1) is 6.92 Å². The molecule has 0 N–H and O–H groups in total. The number of fused-ring (bicyclic) bond motifs is 2. The molecule has 0 radical (unpaired) electrons. The van der Waals surface area contributed by atoms with Gasteiger partial charge >= 0.3 is 0 Å². The van der Waals surface area contributed by atoms with E-state index in [2.05, 4.69) is 52.5 Å². The Morgan fingerprint density at radius 2 is 1.86 bits per heavy atom. The van der Waals surface area contributed by atoms with Crippen LogP contribution in [0.25, 0.3) is 5.57 Å². The largest absolute Gasteiger partial charge is 0.298 e. The van der Waals surface area contributed by atoms with E-state index in [9.17, 15) is 4.79 Å². The van der Waals surface area contributed by atoms with Gasteiger partial charge in [-0.1, -0.05) is 35.9 Å². The SMILES string of the molecule is Cc1ncccc1CN1CCC(=C2c3ccccc3CC(=O)c3sccc32)CC1. The molecule has 3 nitrogen and oxygen atoms in total. The standard InChI is InChI=1S/C25H24N2OS/c1-17-20(6-4-11-26-17)16-27-12-8-18(9-13-27)24-21-7-3-2-5-19(21)15-23(28)25-22(24)10-14-29-25/h2-7,10-11,14H,8-9,12-13,15-16H2,1H3. The van der Waals surface area contributed by atoms with Crippen molar-refractivity contribution in [2.75, 3.05) is 13.1 Å². The zero-order valence-electron chi connectivity index (χ0n) is 16.6. The summed E-state index contributed by atoms with van der Waals surface area (Å²) in [7, 11) is 0. The zero-order valence-corrected chi connectivity index (χ0v) is 17.5. The minimum absolute atomic E-state index is 0.252. The lowest BCUT2D eigenvalue weighted by Gasteiger charge is -2.30. The topological polar surface area (TPSA) is 33.2 Å². The number of benzene rings is 1. The van der Waals surface area contributed by atoms with Crippen molar-refractivity contribution in [3.8, 4) is 0 Å². The van der Waals surface area contributed by atoms with E-state index in [-0.39, 0.29) is 5.78 Å². The zero-order chi connectivity index (χ0) is 19.8. The van der Waals surface area contributed by atoms with Gasteiger partial charge in [0.05, 0.1) is 4.88 Å². The summed E-state index contributed by atoms with van der Waals surface area (Å²) in [6.07, 6.45) is 4.46. The first-order chi connectivity index (χ1) is 14.2. The van der Waals surface area contributed by atoms with Gasteiger partial charge in [-0.3, -0.25) is 14.7 Å². The highest BCUT2D eigenvalue weighted by molar-refractivity contribution is 7.12. The second kappa shape index (κ2) is 7.69. The summed E-state index contributed by atoms with van der Waals surface area (Å²) in [5, 5.41) is 2.07. The number of rotatable bonds is 2. The first-order valence-corrected chi connectivity index (χ1v) is 11.1. The van der Waals surface area contributed by atoms with Crippen LogP contribution in [0.4, 0.5) is 0 Å². The van der Waals surface area contributed by atoms with Gasteiger partial charge in [0.25, 0.3) is 0 Å². The number of carbonyl (C=O) groups excluding carboxylic acids is 1. The van der Waals surface area contributed by atoms with E-state index in [1.165, 1.54) is 22.3 Å². The second-order valence-electron chi connectivity index (χ2n) is 7.92. The first-order valence-electron chi connectivity index (χ1n) is 10.2. The van der Waals surface area contributed by atoms with Crippen molar-refractivity contribution in [3.63, 3.8) is 0 Å². The molecule has 3 heterocycles. The van der Waals surface area contributed by atoms with Gasteiger partial charge in [-0.15, -0.1) is 11.3 Å². The second-order valence-corrected chi connectivity index (χ2v) is 8.84. The van der Waals surface area contributed by atoms with Crippen LogP contribution >= 0.6 is 11.3 Å². The number of nitrogens with zero attached hydrogens (tertiary/aromatic N) is 2. The summed E-state index contributed by atoms with van der Waals surface area (Å²) < 4.78 is 0. The maximum Gasteiger partial charge on any atom is 0.177 e. The maximum absolute atomic E-state index is 12.8. The smallest absolute Gasteiger partial charge is 0.177 e. The number of carbonyl (C=O) groups is 1. The van der Waals surface area contributed by atoms with Crippen molar-refractivity contribution in [2.45, 2.75) is 32.7 Å². The summed E-state index contributed by atoms with van der Waals surface area (Å²) in [5.74, 6) is 0.252. The van der Waals surface area contributed by atoms with Gasteiger partial charge in [0.2, 0.25) is 0 Å². The molecule has 2 aliphatic rings. The summed E-state index contributed by atoms with van der Waals surface area (Å²) in [6, 6.07) is 14.8. The number of aromatic nitrogens is 1. The number of hydrogen-bond acceptors (Lipinski definition) is 4. The minimum Gasteiger partial charge on any atom is -0.298 e. The highest BCUT2D eigenvalue weighted by Crippen LogP contribution is 2.40. The van der Waals surface area contributed by atoms with Gasteiger partial charge in [-0.05, 0) is 59.5 Å². The normalized spacial score (nSPS) is 17.1. The predicted molar refractivity (Wildman–Crippen MR) is 118 cm³/mol. The lowest BCUT2D eigenvalue weighted by molar-refractivity contribution is 0.0997. The van der Waals surface area contributed by atoms with Crippen LogP contribution in [0.2, 0.25) is 0 Å². The number of thiophene rings is 1. The molecule has 0 spiro atoms. The highest BCUT2D eigenvalue weighted by atomic mass is 32.1. The fourth-order valence-electron chi connectivity index (χ4n) is 4.58. The molecule has 0 bridgehead atoms. The molecule has 1 aromatic carbocycles. The molecule has 4 heteroatoms. The van der Waals surface area contributed by atoms with Gasteiger partial charge < -0.3 is 0 Å². The Morgan fingerprint density at radius 1 is 1.03 bits per heavy atom. The molecule has 5 rings (SSSR count). The number of likely N-dealkylation sites (tertiary alicyclic amines) is 1. The van der Waals surface area contributed by atoms with Crippen molar-refractivity contribution in [3.05, 3.63) is 92.4 Å². The van der Waals surface area contributed by atoms with Crippen molar-refractivity contribution >= 4 is 22.7 Å². The van der Waals surface area contributed by atoms with E-state index in [0.29, 0.717) is 6.42 Å². The van der Waals surface area contributed by atoms with E-state index in [1.54, 1.807) is 11.3 Å². The molecule has 1 saturated heterocycles. The van der Waals surface area contributed by atoms with Crippen molar-refractivity contribution in [2.24, 2.45) is 0 Å². The monoisotopic (exact) mass is 400 g/mol. The molecule has 146 valence electrons. The Labute approximate surface area is 175 Å². The molecule has 2 aromatic heterocycles. The average Bonchev–Trinajstić information content (AvgIpc) is 3.18. The lowest BCUT2D eigenvalue weighted by atomic mass is 9.87. The third-order valence-electron chi connectivity index (χ3n) is 6.15. The fraction of sp³-hybridized carbons (Fsp3) is 0.280.